The second-order valence-corrected chi connectivity index (χ2v) is 3.88. The van der Waals surface area contributed by atoms with Crippen LogP contribution in [0.5, 0.6) is 0 Å². The molecule has 104 valence electrons. The van der Waals surface area contributed by atoms with Gasteiger partial charge in [0.15, 0.2) is 0 Å². The first kappa shape index (κ1) is 22.1. The Balaban J connectivity index is -0.000000184. The van der Waals surface area contributed by atoms with Crippen LogP contribution in [0.1, 0.15) is 20.8 Å². The zero-order valence-electron chi connectivity index (χ0n) is 12.7. The van der Waals surface area contributed by atoms with Gasteiger partial charge < -0.3 is 0 Å². The highest BCUT2D eigenvalue weighted by molar-refractivity contribution is 5.05. The molecule has 1 aromatic rings. The van der Waals surface area contributed by atoms with Gasteiger partial charge in [0, 0.05) is 0 Å². The Labute approximate surface area is 120 Å². The Bertz CT molecular complexity index is 305. The maximum Gasteiger partial charge on any atom is -0.0404 e. The highest BCUT2D eigenvalue weighted by Crippen LogP contribution is 1.81. The van der Waals surface area contributed by atoms with Crippen LogP contribution in [-0.4, -0.2) is 0 Å². The molecule has 0 unspecified atom stereocenters. The van der Waals surface area contributed by atoms with Crippen LogP contribution in [-0.2, 0) is 0 Å². The lowest BCUT2D eigenvalue weighted by atomic mass is 10.4. The monoisotopic (exact) mass is 256 g/mol. The summed E-state index contributed by atoms with van der Waals surface area (Å²) in [5.74, 6) is 0. The normalized spacial score (nSPS) is 6.68. The first-order chi connectivity index (χ1) is 8.92. The van der Waals surface area contributed by atoms with Crippen LogP contribution in [0.2, 0.25) is 0 Å². The fraction of sp³-hybridized carbons (Fsp3) is 0.158. The van der Waals surface area contributed by atoms with Crippen molar-refractivity contribution in [1.29, 1.82) is 0 Å². The molecule has 0 amide bonds. The Morgan fingerprint density at radius 1 is 0.684 bits per heavy atom. The van der Waals surface area contributed by atoms with Gasteiger partial charge in [0.2, 0.25) is 0 Å². The molecule has 0 heterocycles. The largest absolute Gasteiger partial charge is 0.100 e. The smallest absolute Gasteiger partial charge is 0.0404 e. The molecule has 0 aliphatic heterocycles. The molecule has 0 atom stereocenters. The van der Waals surface area contributed by atoms with Crippen LogP contribution in [0.3, 0.4) is 0 Å². The van der Waals surface area contributed by atoms with Gasteiger partial charge in [-0.25, -0.2) is 0 Å². The van der Waals surface area contributed by atoms with Crippen molar-refractivity contribution in [2.24, 2.45) is 0 Å². The molecule has 0 saturated carbocycles. The second kappa shape index (κ2) is 21.2. The molecule has 1 rings (SSSR count). The van der Waals surface area contributed by atoms with E-state index in [0.29, 0.717) is 0 Å². The van der Waals surface area contributed by atoms with Gasteiger partial charge in [0.1, 0.15) is 0 Å². The molecule has 0 radical (unpaired) electrons. The second-order valence-electron chi connectivity index (χ2n) is 3.88. The van der Waals surface area contributed by atoms with E-state index in [-0.39, 0.29) is 0 Å². The average Bonchev–Trinajstić information content (AvgIpc) is 2.41. The van der Waals surface area contributed by atoms with Crippen molar-refractivity contribution in [3.8, 4) is 0 Å². The van der Waals surface area contributed by atoms with E-state index in [2.05, 4.69) is 32.9 Å². The van der Waals surface area contributed by atoms with Gasteiger partial charge in [0.25, 0.3) is 0 Å². The van der Waals surface area contributed by atoms with Crippen LogP contribution >= 0.6 is 0 Å². The molecule has 1 aromatic carbocycles. The van der Waals surface area contributed by atoms with E-state index in [1.54, 1.807) is 18.2 Å². The summed E-state index contributed by atoms with van der Waals surface area (Å²) in [5.41, 5.74) is 2.19. The van der Waals surface area contributed by atoms with Crippen molar-refractivity contribution in [2.75, 3.05) is 0 Å². The van der Waals surface area contributed by atoms with Crippen molar-refractivity contribution < 1.29 is 0 Å². The van der Waals surface area contributed by atoms with E-state index in [1.165, 1.54) is 5.57 Å². The molecule has 0 heteroatoms. The minimum atomic E-state index is 1.02. The van der Waals surface area contributed by atoms with Gasteiger partial charge in [-0.15, -0.1) is 6.58 Å². The fourth-order valence-electron chi connectivity index (χ4n) is 0.385. The van der Waals surface area contributed by atoms with Crippen molar-refractivity contribution in [3.05, 3.63) is 98.7 Å². The zero-order chi connectivity index (χ0) is 15.5. The Morgan fingerprint density at radius 2 is 0.842 bits per heavy atom. The minimum Gasteiger partial charge on any atom is -0.100 e. The molecular weight excluding hydrogens is 228 g/mol. The van der Waals surface area contributed by atoms with E-state index in [4.69, 9.17) is 0 Å². The molecule has 0 fully saturated rings. The highest BCUT2D eigenvalue weighted by atomic mass is 13.7. The van der Waals surface area contributed by atoms with Crippen LogP contribution in [0, 0.1) is 0 Å². The quantitative estimate of drug-likeness (QED) is 0.425. The van der Waals surface area contributed by atoms with Crippen LogP contribution in [0.15, 0.2) is 98.7 Å². The molecule has 0 spiro atoms. The average molecular weight is 256 g/mol. The topological polar surface area (TPSA) is 0 Å². The zero-order valence-corrected chi connectivity index (χ0v) is 12.7. The molecule has 0 aliphatic carbocycles. The Hall–Kier alpha value is -2.08. The third-order valence-electron chi connectivity index (χ3n) is 1.18. The van der Waals surface area contributed by atoms with Crippen LogP contribution < -0.4 is 0 Å². The first-order valence-corrected chi connectivity index (χ1v) is 6.05. The van der Waals surface area contributed by atoms with Crippen LogP contribution in [0.25, 0.3) is 0 Å². The number of hydrogen-bond donors (Lipinski definition) is 0. The van der Waals surface area contributed by atoms with E-state index in [0.717, 1.165) is 5.57 Å². The number of benzene rings is 1. The molecular formula is C19H28. The van der Waals surface area contributed by atoms with Crippen LogP contribution in [0.4, 0.5) is 0 Å². The van der Waals surface area contributed by atoms with Crippen molar-refractivity contribution >= 4 is 0 Å². The first-order valence-electron chi connectivity index (χ1n) is 6.05. The molecule has 19 heavy (non-hydrogen) atoms. The Kier molecular flexibility index (Phi) is 24.7. The standard InChI is InChI=1S/C6H6.C5H8.C4H8.C4H6/c1-2-4-6-5-3-1;1-4-5(2)3;1-4(2)3;1-3-4-2/h1-6H;4H,1-2H2,3H3;1H2,2-3H3;3-4H,1-2H2. The molecule has 0 bridgehead atoms. The summed E-state index contributed by atoms with van der Waals surface area (Å²) in [6, 6.07) is 12.0. The predicted molar refractivity (Wildman–Crippen MR) is 92.3 cm³/mol. The number of allylic oxidation sites excluding steroid dienone is 5. The van der Waals surface area contributed by atoms with E-state index in [9.17, 15) is 0 Å². The van der Waals surface area contributed by atoms with Gasteiger partial charge >= 0.3 is 0 Å². The third-order valence-corrected chi connectivity index (χ3v) is 1.18. The molecule has 0 N–H and O–H groups in total. The summed E-state index contributed by atoms with van der Waals surface area (Å²) in [4.78, 5) is 0. The van der Waals surface area contributed by atoms with Gasteiger partial charge in [-0.05, 0) is 20.8 Å². The predicted octanol–water partition coefficient (Wildman–Crippen LogP) is 6.38. The maximum absolute atomic E-state index is 3.56. The summed E-state index contributed by atoms with van der Waals surface area (Å²) in [5, 5.41) is 0. The molecule has 0 aromatic heterocycles. The number of rotatable bonds is 2. The van der Waals surface area contributed by atoms with Crippen molar-refractivity contribution in [3.63, 3.8) is 0 Å². The SMILES string of the molecule is C=C(C)C.C=CC(=C)C.C=CC=C.c1ccccc1. The summed E-state index contributed by atoms with van der Waals surface area (Å²) in [7, 11) is 0. The lowest BCUT2D eigenvalue weighted by Gasteiger charge is -1.71. The van der Waals surface area contributed by atoms with E-state index >= 15 is 0 Å². The summed E-state index contributed by atoms with van der Waals surface area (Å²) in [6.07, 6.45) is 5.00. The third kappa shape index (κ3) is 64.4. The molecule has 0 aliphatic rings. The Morgan fingerprint density at radius 3 is 0.895 bits per heavy atom. The number of hydrogen-bond acceptors (Lipinski definition) is 0. The highest BCUT2D eigenvalue weighted by Gasteiger charge is 1.59. The summed E-state index contributed by atoms with van der Waals surface area (Å²) >= 11 is 0. The van der Waals surface area contributed by atoms with Gasteiger partial charge in [-0.2, -0.15) is 0 Å². The lowest BCUT2D eigenvalue weighted by molar-refractivity contribution is 1.42. The van der Waals surface area contributed by atoms with E-state index in [1.807, 2.05) is 57.2 Å². The van der Waals surface area contributed by atoms with Crippen molar-refractivity contribution in [2.45, 2.75) is 20.8 Å². The summed E-state index contributed by atoms with van der Waals surface area (Å²) in [6.45, 7) is 23.1. The summed E-state index contributed by atoms with van der Waals surface area (Å²) < 4.78 is 0. The minimum absolute atomic E-state index is 1.02. The van der Waals surface area contributed by atoms with E-state index < -0.39 is 0 Å². The lowest BCUT2D eigenvalue weighted by Crippen LogP contribution is -1.50. The van der Waals surface area contributed by atoms with Crippen molar-refractivity contribution in [1.82, 2.24) is 0 Å². The molecule has 0 nitrogen and oxygen atoms in total. The maximum atomic E-state index is 3.56. The van der Waals surface area contributed by atoms with Gasteiger partial charge in [0.05, 0.1) is 0 Å². The fourth-order valence-corrected chi connectivity index (χ4v) is 0.385. The molecule has 0 saturated heterocycles. The van der Waals surface area contributed by atoms with Gasteiger partial charge in [-0.1, -0.05) is 92.1 Å². The van der Waals surface area contributed by atoms with Gasteiger partial charge in [-0.3, -0.25) is 0 Å².